The van der Waals surface area contributed by atoms with Crippen LogP contribution in [0.4, 0.5) is 5.82 Å². The number of halogens is 1. The highest BCUT2D eigenvalue weighted by Crippen LogP contribution is 2.24. The van der Waals surface area contributed by atoms with Gasteiger partial charge < -0.3 is 10.4 Å². The zero-order valence-corrected chi connectivity index (χ0v) is 10.0. The number of rotatable bonds is 3. The van der Waals surface area contributed by atoms with Crippen molar-refractivity contribution >= 4 is 23.7 Å². The molecule has 2 rings (SSSR count). The fourth-order valence-corrected chi connectivity index (χ4v) is 2.18. The lowest BCUT2D eigenvalue weighted by molar-refractivity contribution is 0.112. The van der Waals surface area contributed by atoms with Crippen LogP contribution in [0.5, 0.6) is 0 Å². The summed E-state index contributed by atoms with van der Waals surface area (Å²) in [7, 11) is 0. The van der Waals surface area contributed by atoms with Gasteiger partial charge in [0.25, 0.3) is 0 Å². The average molecular weight is 256 g/mol. The van der Waals surface area contributed by atoms with Crippen LogP contribution < -0.4 is 5.32 Å². The molecule has 0 saturated heterocycles. The minimum atomic E-state index is -0.201. The number of carbonyl (C=O) groups is 1. The Morgan fingerprint density at radius 1 is 1.35 bits per heavy atom. The summed E-state index contributed by atoms with van der Waals surface area (Å²) < 4.78 is 0. The molecule has 1 aromatic heterocycles. The van der Waals surface area contributed by atoms with Gasteiger partial charge in [-0.25, -0.2) is 9.97 Å². The molecule has 6 heteroatoms. The van der Waals surface area contributed by atoms with Crippen LogP contribution in [0.3, 0.4) is 0 Å². The van der Waals surface area contributed by atoms with Crippen molar-refractivity contribution in [2.75, 3.05) is 5.32 Å². The van der Waals surface area contributed by atoms with E-state index in [1.54, 1.807) is 0 Å². The summed E-state index contributed by atoms with van der Waals surface area (Å²) >= 11 is 5.81. The maximum atomic E-state index is 10.9. The van der Waals surface area contributed by atoms with Crippen molar-refractivity contribution < 1.29 is 9.90 Å². The van der Waals surface area contributed by atoms with Crippen LogP contribution in [0, 0.1) is 0 Å². The summed E-state index contributed by atoms with van der Waals surface area (Å²) in [6.07, 6.45) is 5.05. The van der Waals surface area contributed by atoms with Gasteiger partial charge in [-0.15, -0.1) is 0 Å². The molecule has 1 heterocycles. The number of hydrogen-bond donors (Lipinski definition) is 2. The maximum absolute atomic E-state index is 10.9. The van der Waals surface area contributed by atoms with E-state index in [0.29, 0.717) is 17.7 Å². The topological polar surface area (TPSA) is 75.1 Å². The molecule has 2 N–H and O–H groups in total. The van der Waals surface area contributed by atoms with Crippen molar-refractivity contribution in [1.29, 1.82) is 0 Å². The first-order valence-electron chi connectivity index (χ1n) is 5.61. The van der Waals surface area contributed by atoms with E-state index in [4.69, 9.17) is 11.6 Å². The monoisotopic (exact) mass is 255 g/mol. The minimum absolute atomic E-state index is 0.161. The number of hydrogen-bond acceptors (Lipinski definition) is 5. The highest BCUT2D eigenvalue weighted by atomic mass is 35.5. The van der Waals surface area contributed by atoms with Crippen molar-refractivity contribution in [2.45, 2.75) is 37.8 Å². The van der Waals surface area contributed by atoms with Gasteiger partial charge in [0.2, 0.25) is 0 Å². The van der Waals surface area contributed by atoms with Gasteiger partial charge in [-0.2, -0.15) is 0 Å². The standard InChI is InChI=1S/C11H14ClN3O2/c12-10-9(5-16)11(14-6-13-10)15-7-1-3-8(17)4-2-7/h5-8,17H,1-4H2,(H,13,14,15). The second-order valence-electron chi connectivity index (χ2n) is 4.19. The first-order chi connectivity index (χ1) is 8.20. The smallest absolute Gasteiger partial charge is 0.156 e. The van der Waals surface area contributed by atoms with E-state index in [1.165, 1.54) is 6.33 Å². The first-order valence-corrected chi connectivity index (χ1v) is 5.98. The molecule has 0 aromatic carbocycles. The van der Waals surface area contributed by atoms with Gasteiger partial charge in [0.05, 0.1) is 11.7 Å². The van der Waals surface area contributed by atoms with Gasteiger partial charge in [0.15, 0.2) is 6.29 Å². The molecule has 0 radical (unpaired) electrons. The van der Waals surface area contributed by atoms with Crippen LogP contribution in [-0.2, 0) is 0 Å². The Bertz CT molecular complexity index is 406. The maximum Gasteiger partial charge on any atom is 0.156 e. The van der Waals surface area contributed by atoms with Gasteiger partial charge in [-0.3, -0.25) is 4.79 Å². The zero-order valence-electron chi connectivity index (χ0n) is 9.27. The molecule has 0 unspecified atom stereocenters. The molecule has 1 aliphatic rings. The predicted octanol–water partition coefficient (Wildman–Crippen LogP) is 1.66. The van der Waals surface area contributed by atoms with Crippen LogP contribution in [0.25, 0.3) is 0 Å². The summed E-state index contributed by atoms with van der Waals surface area (Å²) in [6, 6.07) is 0.225. The molecule has 1 saturated carbocycles. The molecule has 0 spiro atoms. The molecule has 17 heavy (non-hydrogen) atoms. The van der Waals surface area contributed by atoms with Gasteiger partial charge in [0, 0.05) is 6.04 Å². The molecular formula is C11H14ClN3O2. The van der Waals surface area contributed by atoms with E-state index in [-0.39, 0.29) is 17.3 Å². The second kappa shape index (κ2) is 5.42. The van der Waals surface area contributed by atoms with Crippen LogP contribution in [0.15, 0.2) is 6.33 Å². The Hall–Kier alpha value is -1.20. The normalized spacial score (nSPS) is 24.4. The Labute approximate surface area is 104 Å². The number of aliphatic hydroxyl groups excluding tert-OH is 1. The number of aliphatic hydroxyl groups is 1. The molecular weight excluding hydrogens is 242 g/mol. The lowest BCUT2D eigenvalue weighted by Crippen LogP contribution is -2.29. The van der Waals surface area contributed by atoms with Crippen molar-refractivity contribution in [3.05, 3.63) is 17.0 Å². The van der Waals surface area contributed by atoms with E-state index in [0.717, 1.165) is 25.7 Å². The van der Waals surface area contributed by atoms with Gasteiger partial charge in [-0.1, -0.05) is 11.6 Å². The Kier molecular flexibility index (Phi) is 3.91. The molecule has 0 bridgehead atoms. The van der Waals surface area contributed by atoms with E-state index in [2.05, 4.69) is 15.3 Å². The van der Waals surface area contributed by atoms with Crippen molar-refractivity contribution in [2.24, 2.45) is 0 Å². The molecule has 1 aromatic rings. The lowest BCUT2D eigenvalue weighted by Gasteiger charge is -2.26. The van der Waals surface area contributed by atoms with E-state index in [1.807, 2.05) is 0 Å². The number of nitrogens with zero attached hydrogens (tertiary/aromatic N) is 2. The Morgan fingerprint density at radius 3 is 2.71 bits per heavy atom. The third kappa shape index (κ3) is 2.92. The fourth-order valence-electron chi connectivity index (χ4n) is 2.01. The third-order valence-electron chi connectivity index (χ3n) is 2.99. The van der Waals surface area contributed by atoms with E-state index >= 15 is 0 Å². The summed E-state index contributed by atoms with van der Waals surface area (Å²) in [4.78, 5) is 18.7. The van der Waals surface area contributed by atoms with Gasteiger partial charge in [0.1, 0.15) is 17.3 Å². The Balaban J connectivity index is 2.08. The first kappa shape index (κ1) is 12.3. The molecule has 0 atom stereocenters. The molecule has 92 valence electrons. The molecule has 0 amide bonds. The fraction of sp³-hybridized carbons (Fsp3) is 0.545. The van der Waals surface area contributed by atoms with Crippen LogP contribution >= 0.6 is 11.6 Å². The van der Waals surface area contributed by atoms with Crippen LogP contribution in [-0.4, -0.2) is 33.5 Å². The van der Waals surface area contributed by atoms with Crippen molar-refractivity contribution in [1.82, 2.24) is 9.97 Å². The number of nitrogens with one attached hydrogen (secondary N) is 1. The molecule has 1 aliphatic carbocycles. The highest BCUT2D eigenvalue weighted by Gasteiger charge is 2.20. The zero-order chi connectivity index (χ0) is 12.3. The highest BCUT2D eigenvalue weighted by molar-refractivity contribution is 6.32. The molecule has 1 fully saturated rings. The third-order valence-corrected chi connectivity index (χ3v) is 3.29. The SMILES string of the molecule is O=Cc1c(Cl)ncnc1NC1CCC(O)CC1. The number of carbonyl (C=O) groups excluding carboxylic acids is 1. The van der Waals surface area contributed by atoms with Crippen molar-refractivity contribution in [3.63, 3.8) is 0 Å². The largest absolute Gasteiger partial charge is 0.393 e. The number of aromatic nitrogens is 2. The van der Waals surface area contributed by atoms with Gasteiger partial charge >= 0.3 is 0 Å². The number of anilines is 1. The predicted molar refractivity (Wildman–Crippen MR) is 64.3 cm³/mol. The van der Waals surface area contributed by atoms with Gasteiger partial charge in [-0.05, 0) is 25.7 Å². The number of aldehydes is 1. The quantitative estimate of drug-likeness (QED) is 0.635. The summed E-state index contributed by atoms with van der Waals surface area (Å²) in [5.74, 6) is 0.474. The Morgan fingerprint density at radius 2 is 2.06 bits per heavy atom. The second-order valence-corrected chi connectivity index (χ2v) is 4.55. The summed E-state index contributed by atoms with van der Waals surface area (Å²) in [5.41, 5.74) is 0.292. The van der Waals surface area contributed by atoms with Crippen molar-refractivity contribution in [3.8, 4) is 0 Å². The van der Waals surface area contributed by atoms with E-state index in [9.17, 15) is 9.90 Å². The molecule has 5 nitrogen and oxygen atoms in total. The van der Waals surface area contributed by atoms with Crippen LogP contribution in [0.2, 0.25) is 5.15 Å². The summed E-state index contributed by atoms with van der Waals surface area (Å²) in [5, 5.41) is 12.8. The molecule has 0 aliphatic heterocycles. The van der Waals surface area contributed by atoms with Crippen LogP contribution in [0.1, 0.15) is 36.0 Å². The summed E-state index contributed by atoms with van der Waals surface area (Å²) in [6.45, 7) is 0. The average Bonchev–Trinajstić information content (AvgIpc) is 2.32. The lowest BCUT2D eigenvalue weighted by atomic mass is 9.93. The minimum Gasteiger partial charge on any atom is -0.393 e. The van der Waals surface area contributed by atoms with E-state index < -0.39 is 0 Å².